The molecule has 28 heavy (non-hydrogen) atoms. The molecule has 0 saturated carbocycles. The summed E-state index contributed by atoms with van der Waals surface area (Å²) in [6, 6.07) is 31.2. The number of hydrogen-bond donors (Lipinski definition) is 2. The molecule has 0 amide bonds. The maximum Gasteiger partial charge on any atom is 0.0817 e. The van der Waals surface area contributed by atoms with Crippen molar-refractivity contribution in [1.82, 2.24) is 10.2 Å². The zero-order chi connectivity index (χ0) is 19.6. The van der Waals surface area contributed by atoms with E-state index < -0.39 is 6.10 Å². The van der Waals surface area contributed by atoms with Gasteiger partial charge in [0.05, 0.1) is 6.10 Å². The van der Waals surface area contributed by atoms with Gasteiger partial charge in [-0.1, -0.05) is 91.0 Å². The molecular weight excluding hydrogens is 344 g/mol. The number of aliphatic hydroxyl groups excluding tert-OH is 1. The molecule has 0 saturated heterocycles. The van der Waals surface area contributed by atoms with Crippen LogP contribution in [0.1, 0.15) is 23.6 Å². The van der Waals surface area contributed by atoms with Gasteiger partial charge in [0, 0.05) is 32.2 Å². The van der Waals surface area contributed by atoms with Crippen LogP contribution >= 0.6 is 0 Å². The second kappa shape index (κ2) is 10.8. The topological polar surface area (TPSA) is 35.5 Å². The second-order valence-electron chi connectivity index (χ2n) is 7.30. The number of hydrogen-bond acceptors (Lipinski definition) is 3. The van der Waals surface area contributed by atoms with E-state index in [0.29, 0.717) is 6.54 Å². The Labute approximate surface area is 168 Å². The fraction of sp³-hybridized carbons (Fsp3) is 0.280. The zero-order valence-corrected chi connectivity index (χ0v) is 16.5. The molecule has 2 atom stereocenters. The summed E-state index contributed by atoms with van der Waals surface area (Å²) in [5, 5.41) is 14.2. The first-order valence-electron chi connectivity index (χ1n) is 9.97. The van der Waals surface area contributed by atoms with Gasteiger partial charge in [0.15, 0.2) is 0 Å². The molecule has 2 N–H and O–H groups in total. The molecule has 0 aliphatic rings. The van der Waals surface area contributed by atoms with Crippen LogP contribution in [0.2, 0.25) is 0 Å². The van der Waals surface area contributed by atoms with E-state index in [0.717, 1.165) is 19.6 Å². The number of nitrogens with zero attached hydrogens (tertiary/aromatic N) is 1. The number of nitrogens with one attached hydrogen (secondary N) is 1. The summed E-state index contributed by atoms with van der Waals surface area (Å²) < 4.78 is 0. The smallest absolute Gasteiger partial charge is 0.0817 e. The summed E-state index contributed by atoms with van der Waals surface area (Å²) >= 11 is 0. The Morgan fingerprint density at radius 1 is 0.714 bits per heavy atom. The lowest BCUT2D eigenvalue weighted by Crippen LogP contribution is -2.45. The lowest BCUT2D eigenvalue weighted by molar-refractivity contribution is 0.0490. The van der Waals surface area contributed by atoms with Crippen molar-refractivity contribution in [2.24, 2.45) is 0 Å². The Morgan fingerprint density at radius 2 is 1.14 bits per heavy atom. The highest BCUT2D eigenvalue weighted by atomic mass is 16.3. The van der Waals surface area contributed by atoms with Crippen LogP contribution in [0, 0.1) is 0 Å². The van der Waals surface area contributed by atoms with Crippen LogP contribution in [0.4, 0.5) is 0 Å². The lowest BCUT2D eigenvalue weighted by Gasteiger charge is -2.33. The molecule has 3 aromatic rings. The Morgan fingerprint density at radius 3 is 1.61 bits per heavy atom. The standard InChI is InChI=1S/C25H30N2O/c1-21(25(28)18-26-17-22-11-5-2-6-12-22)27(19-23-13-7-3-8-14-23)20-24-15-9-4-10-16-24/h2-16,21,25-26,28H,17-20H2,1H3/t21-,25-/m0/s1. The van der Waals surface area contributed by atoms with E-state index in [1.54, 1.807) is 0 Å². The largest absolute Gasteiger partial charge is 0.390 e. The molecular formula is C25H30N2O. The highest BCUT2D eigenvalue weighted by molar-refractivity contribution is 5.18. The van der Waals surface area contributed by atoms with Crippen molar-refractivity contribution in [2.45, 2.75) is 38.7 Å². The molecule has 146 valence electrons. The molecule has 0 spiro atoms. The predicted molar refractivity (Wildman–Crippen MR) is 116 cm³/mol. The highest BCUT2D eigenvalue weighted by Gasteiger charge is 2.22. The third-order valence-electron chi connectivity index (χ3n) is 5.12. The summed E-state index contributed by atoms with van der Waals surface area (Å²) in [5.74, 6) is 0. The molecule has 3 aromatic carbocycles. The van der Waals surface area contributed by atoms with Crippen LogP contribution in [0.25, 0.3) is 0 Å². The minimum atomic E-state index is -0.448. The van der Waals surface area contributed by atoms with Crippen molar-refractivity contribution in [2.75, 3.05) is 6.54 Å². The molecule has 3 rings (SSSR count). The summed E-state index contributed by atoms with van der Waals surface area (Å²) in [5.41, 5.74) is 3.75. The monoisotopic (exact) mass is 374 g/mol. The minimum Gasteiger partial charge on any atom is -0.390 e. The first kappa shape index (κ1) is 20.3. The van der Waals surface area contributed by atoms with Crippen LogP contribution in [-0.2, 0) is 19.6 Å². The van der Waals surface area contributed by atoms with Crippen molar-refractivity contribution in [3.63, 3.8) is 0 Å². The van der Waals surface area contributed by atoms with Gasteiger partial charge in [-0.2, -0.15) is 0 Å². The van der Waals surface area contributed by atoms with Crippen molar-refractivity contribution in [1.29, 1.82) is 0 Å². The van der Waals surface area contributed by atoms with Gasteiger partial charge in [0.2, 0.25) is 0 Å². The van der Waals surface area contributed by atoms with Gasteiger partial charge in [-0.25, -0.2) is 0 Å². The Bertz CT molecular complexity index is 751. The van der Waals surface area contributed by atoms with Gasteiger partial charge in [-0.05, 0) is 23.6 Å². The SMILES string of the molecule is C[C@@H]([C@@H](O)CNCc1ccccc1)N(Cc1ccccc1)Cc1ccccc1. The van der Waals surface area contributed by atoms with Gasteiger partial charge in [-0.15, -0.1) is 0 Å². The van der Waals surface area contributed by atoms with Crippen molar-refractivity contribution in [3.05, 3.63) is 108 Å². The maximum atomic E-state index is 10.8. The third kappa shape index (κ3) is 6.31. The lowest BCUT2D eigenvalue weighted by atomic mass is 10.1. The molecule has 0 heterocycles. The first-order chi connectivity index (χ1) is 13.7. The van der Waals surface area contributed by atoms with Gasteiger partial charge < -0.3 is 10.4 Å². The number of benzene rings is 3. The summed E-state index contributed by atoms with van der Waals surface area (Å²) in [7, 11) is 0. The molecule has 0 aliphatic carbocycles. The molecule has 0 aliphatic heterocycles. The summed E-state index contributed by atoms with van der Waals surface area (Å²) in [6.07, 6.45) is -0.448. The van der Waals surface area contributed by atoms with Crippen LogP contribution in [0.15, 0.2) is 91.0 Å². The minimum absolute atomic E-state index is 0.0312. The van der Waals surface area contributed by atoms with Gasteiger partial charge in [0.1, 0.15) is 0 Å². The Hall–Kier alpha value is -2.46. The highest BCUT2D eigenvalue weighted by Crippen LogP contribution is 2.15. The summed E-state index contributed by atoms with van der Waals surface area (Å²) in [6.45, 7) is 5.07. The first-order valence-corrected chi connectivity index (χ1v) is 9.97. The molecule has 0 bridgehead atoms. The van der Waals surface area contributed by atoms with E-state index in [4.69, 9.17) is 0 Å². The molecule has 3 heteroatoms. The van der Waals surface area contributed by atoms with E-state index in [1.807, 2.05) is 30.3 Å². The summed E-state index contributed by atoms with van der Waals surface area (Å²) in [4.78, 5) is 2.35. The fourth-order valence-electron chi connectivity index (χ4n) is 3.35. The van der Waals surface area contributed by atoms with E-state index >= 15 is 0 Å². The van der Waals surface area contributed by atoms with Crippen LogP contribution < -0.4 is 5.32 Å². The van der Waals surface area contributed by atoms with E-state index in [-0.39, 0.29) is 6.04 Å². The zero-order valence-electron chi connectivity index (χ0n) is 16.5. The normalized spacial score (nSPS) is 13.4. The van der Waals surface area contributed by atoms with E-state index in [2.05, 4.69) is 77.8 Å². The second-order valence-corrected chi connectivity index (χ2v) is 7.30. The number of rotatable bonds is 10. The quantitative estimate of drug-likeness (QED) is 0.557. The van der Waals surface area contributed by atoms with Crippen molar-refractivity contribution in [3.8, 4) is 0 Å². The average Bonchev–Trinajstić information content (AvgIpc) is 2.75. The molecule has 0 unspecified atom stereocenters. The van der Waals surface area contributed by atoms with E-state index in [9.17, 15) is 5.11 Å². The number of aliphatic hydroxyl groups is 1. The molecule has 0 aromatic heterocycles. The van der Waals surface area contributed by atoms with Crippen LogP contribution in [-0.4, -0.2) is 28.7 Å². The predicted octanol–water partition coefficient (Wildman–Crippen LogP) is 4.23. The molecule has 0 radical (unpaired) electrons. The van der Waals surface area contributed by atoms with E-state index in [1.165, 1.54) is 16.7 Å². The van der Waals surface area contributed by atoms with Crippen LogP contribution in [0.5, 0.6) is 0 Å². The maximum absolute atomic E-state index is 10.8. The van der Waals surface area contributed by atoms with Gasteiger partial charge in [0.25, 0.3) is 0 Å². The third-order valence-corrected chi connectivity index (χ3v) is 5.12. The van der Waals surface area contributed by atoms with Crippen molar-refractivity contribution < 1.29 is 5.11 Å². The van der Waals surface area contributed by atoms with Crippen LogP contribution in [0.3, 0.4) is 0 Å². The van der Waals surface area contributed by atoms with Gasteiger partial charge in [-0.3, -0.25) is 4.90 Å². The Kier molecular flexibility index (Phi) is 7.80. The van der Waals surface area contributed by atoms with Gasteiger partial charge >= 0.3 is 0 Å². The molecule has 3 nitrogen and oxygen atoms in total. The fourth-order valence-corrected chi connectivity index (χ4v) is 3.35. The molecule has 0 fully saturated rings. The average molecular weight is 375 g/mol. The Balaban J connectivity index is 1.61. The van der Waals surface area contributed by atoms with Crippen molar-refractivity contribution >= 4 is 0 Å².